The van der Waals surface area contributed by atoms with Crippen LogP contribution in [0.1, 0.15) is 11.1 Å². The first kappa shape index (κ1) is 18.1. The minimum atomic E-state index is -0.316. The number of anilines is 2. The van der Waals surface area contributed by atoms with Crippen LogP contribution in [0.15, 0.2) is 47.5 Å². The monoisotopic (exact) mass is 364 g/mol. The summed E-state index contributed by atoms with van der Waals surface area (Å²) < 4.78 is 0. The number of amides is 2. The number of hydrogen-bond donors (Lipinski definition) is 3. The number of benzene rings is 2. The van der Waals surface area contributed by atoms with E-state index in [2.05, 4.69) is 20.9 Å². The molecule has 2 aromatic carbocycles. The van der Waals surface area contributed by atoms with Gasteiger partial charge >= 0.3 is 6.03 Å². The van der Waals surface area contributed by atoms with E-state index in [-0.39, 0.29) is 18.4 Å². The summed E-state index contributed by atoms with van der Waals surface area (Å²) in [6.45, 7) is 3.54. The summed E-state index contributed by atoms with van der Waals surface area (Å²) in [5.41, 5.74) is 3.28. The fourth-order valence-electron chi connectivity index (χ4n) is 2.30. The molecule has 3 rings (SSSR count). The highest BCUT2D eigenvalue weighted by Gasteiger charge is 2.09. The number of carbonyl (C=O) groups excluding carboxylic acids is 1. The maximum Gasteiger partial charge on any atom is 0.323 e. The summed E-state index contributed by atoms with van der Waals surface area (Å²) in [4.78, 5) is 16.5. The van der Waals surface area contributed by atoms with E-state index >= 15 is 0 Å². The lowest BCUT2D eigenvalue weighted by atomic mass is 10.2. The van der Waals surface area contributed by atoms with Gasteiger partial charge in [-0.2, -0.15) is 0 Å². The molecule has 0 aliphatic carbocycles. The minimum Gasteiger partial charge on any atom is -0.368 e. The zero-order valence-electron chi connectivity index (χ0n) is 13.1. The summed E-state index contributed by atoms with van der Waals surface area (Å²) in [5.74, 6) is 0.861. The molecular formula is C17H18Cl2N4O. The van der Waals surface area contributed by atoms with E-state index in [0.717, 1.165) is 30.1 Å². The highest BCUT2D eigenvalue weighted by Crippen LogP contribution is 2.20. The molecule has 0 atom stereocenters. The van der Waals surface area contributed by atoms with E-state index in [1.807, 2.05) is 43.3 Å². The predicted molar refractivity (Wildman–Crippen MR) is 102 cm³/mol. The fraction of sp³-hybridized carbons (Fsp3) is 0.176. The lowest BCUT2D eigenvalue weighted by Crippen LogP contribution is -2.21. The van der Waals surface area contributed by atoms with Crippen molar-refractivity contribution in [2.75, 3.05) is 23.7 Å². The zero-order valence-corrected chi connectivity index (χ0v) is 14.7. The molecule has 7 heteroatoms. The Kier molecular flexibility index (Phi) is 6.06. The number of amidine groups is 1. The van der Waals surface area contributed by atoms with Crippen molar-refractivity contribution in [1.29, 1.82) is 0 Å². The number of nitrogens with zero attached hydrogens (tertiary/aromatic N) is 1. The molecule has 0 fully saturated rings. The highest BCUT2D eigenvalue weighted by molar-refractivity contribution is 6.31. The maximum atomic E-state index is 12.1. The first-order valence-corrected chi connectivity index (χ1v) is 7.72. The van der Waals surface area contributed by atoms with Gasteiger partial charge in [-0.3, -0.25) is 4.99 Å². The number of halogens is 2. The average molecular weight is 365 g/mol. The van der Waals surface area contributed by atoms with Crippen molar-refractivity contribution in [3.8, 4) is 0 Å². The van der Waals surface area contributed by atoms with Gasteiger partial charge < -0.3 is 16.0 Å². The first-order chi connectivity index (χ1) is 11.1. The highest BCUT2D eigenvalue weighted by atomic mass is 35.5. The third-order valence-electron chi connectivity index (χ3n) is 3.50. The Morgan fingerprint density at radius 3 is 2.58 bits per heavy atom. The van der Waals surface area contributed by atoms with Crippen molar-refractivity contribution in [3.05, 3.63) is 58.6 Å². The molecule has 0 spiro atoms. The summed E-state index contributed by atoms with van der Waals surface area (Å²) in [6, 6.07) is 12.7. The van der Waals surface area contributed by atoms with Gasteiger partial charge in [0.1, 0.15) is 5.84 Å². The number of carbonyl (C=O) groups is 1. The van der Waals surface area contributed by atoms with Crippen molar-refractivity contribution in [1.82, 2.24) is 5.32 Å². The molecular weight excluding hydrogens is 347 g/mol. The number of aliphatic imine (C=N–C) groups is 1. The quantitative estimate of drug-likeness (QED) is 0.768. The molecule has 126 valence electrons. The topological polar surface area (TPSA) is 65.5 Å². The lowest BCUT2D eigenvalue weighted by Gasteiger charge is -2.10. The second-order valence-electron chi connectivity index (χ2n) is 5.28. The van der Waals surface area contributed by atoms with Crippen molar-refractivity contribution < 1.29 is 4.79 Å². The van der Waals surface area contributed by atoms with E-state index in [9.17, 15) is 4.79 Å². The van der Waals surface area contributed by atoms with Gasteiger partial charge in [0.2, 0.25) is 0 Å². The smallest absolute Gasteiger partial charge is 0.323 e. The van der Waals surface area contributed by atoms with Crippen LogP contribution in [-0.4, -0.2) is 25.0 Å². The predicted octanol–water partition coefficient (Wildman–Crippen LogP) is 4.06. The molecule has 0 saturated carbocycles. The molecule has 2 amide bonds. The van der Waals surface area contributed by atoms with Gasteiger partial charge in [-0.25, -0.2) is 4.79 Å². The van der Waals surface area contributed by atoms with E-state index < -0.39 is 0 Å². The van der Waals surface area contributed by atoms with E-state index in [1.54, 1.807) is 6.07 Å². The van der Waals surface area contributed by atoms with Gasteiger partial charge in [0, 0.05) is 28.5 Å². The zero-order chi connectivity index (χ0) is 16.2. The molecule has 0 radical (unpaired) electrons. The van der Waals surface area contributed by atoms with Crippen LogP contribution in [0.3, 0.4) is 0 Å². The van der Waals surface area contributed by atoms with Gasteiger partial charge in [0.15, 0.2) is 0 Å². The number of hydrogen-bond acceptors (Lipinski definition) is 3. The van der Waals surface area contributed by atoms with Crippen molar-refractivity contribution >= 4 is 47.2 Å². The Labute approximate surface area is 151 Å². The number of urea groups is 1. The molecule has 1 heterocycles. The van der Waals surface area contributed by atoms with Gasteiger partial charge in [0.25, 0.3) is 0 Å². The number of aryl methyl sites for hydroxylation is 1. The Morgan fingerprint density at radius 2 is 1.92 bits per heavy atom. The van der Waals surface area contributed by atoms with Crippen LogP contribution in [-0.2, 0) is 0 Å². The minimum absolute atomic E-state index is 0. The average Bonchev–Trinajstić information content (AvgIpc) is 3.05. The van der Waals surface area contributed by atoms with E-state index in [0.29, 0.717) is 16.4 Å². The van der Waals surface area contributed by atoms with Crippen LogP contribution in [0.2, 0.25) is 5.02 Å². The maximum absolute atomic E-state index is 12.1. The Hall–Kier alpha value is -2.24. The fourth-order valence-corrected chi connectivity index (χ4v) is 2.48. The normalized spacial score (nSPS) is 12.7. The van der Waals surface area contributed by atoms with Crippen LogP contribution in [0.4, 0.5) is 16.2 Å². The third-order valence-corrected chi connectivity index (χ3v) is 3.90. The largest absolute Gasteiger partial charge is 0.368 e. The van der Waals surface area contributed by atoms with Crippen LogP contribution in [0, 0.1) is 6.92 Å². The SMILES string of the molecule is Cc1ccc(NC(=O)Nc2cccc(C3=NCCN3)c2)cc1Cl.Cl. The van der Waals surface area contributed by atoms with Crippen molar-refractivity contribution in [2.24, 2.45) is 4.99 Å². The third kappa shape index (κ3) is 4.40. The Bertz CT molecular complexity index is 777. The molecule has 24 heavy (non-hydrogen) atoms. The second kappa shape index (κ2) is 8.04. The number of nitrogens with one attached hydrogen (secondary N) is 3. The molecule has 2 aromatic rings. The van der Waals surface area contributed by atoms with Crippen LogP contribution in [0.5, 0.6) is 0 Å². The van der Waals surface area contributed by atoms with Crippen LogP contribution < -0.4 is 16.0 Å². The van der Waals surface area contributed by atoms with Gasteiger partial charge in [-0.05, 0) is 36.8 Å². The molecule has 5 nitrogen and oxygen atoms in total. The van der Waals surface area contributed by atoms with Gasteiger partial charge in [-0.1, -0.05) is 29.8 Å². The van der Waals surface area contributed by atoms with Crippen LogP contribution >= 0.6 is 24.0 Å². The Balaban J connectivity index is 0.00000208. The summed E-state index contributed by atoms with van der Waals surface area (Å²) in [7, 11) is 0. The van der Waals surface area contributed by atoms with Crippen LogP contribution in [0.25, 0.3) is 0 Å². The molecule has 0 aromatic heterocycles. The molecule has 0 unspecified atom stereocenters. The summed E-state index contributed by atoms with van der Waals surface area (Å²) in [5, 5.41) is 9.41. The van der Waals surface area contributed by atoms with E-state index in [1.165, 1.54) is 0 Å². The lowest BCUT2D eigenvalue weighted by molar-refractivity contribution is 0.262. The number of rotatable bonds is 3. The van der Waals surface area contributed by atoms with Gasteiger partial charge in [-0.15, -0.1) is 12.4 Å². The molecule has 0 saturated heterocycles. The van der Waals surface area contributed by atoms with Crippen molar-refractivity contribution in [3.63, 3.8) is 0 Å². The van der Waals surface area contributed by atoms with Crippen molar-refractivity contribution in [2.45, 2.75) is 6.92 Å². The second-order valence-corrected chi connectivity index (χ2v) is 5.69. The molecule has 0 bridgehead atoms. The van der Waals surface area contributed by atoms with E-state index in [4.69, 9.17) is 11.6 Å². The summed E-state index contributed by atoms with van der Waals surface area (Å²) >= 11 is 6.06. The first-order valence-electron chi connectivity index (χ1n) is 7.35. The standard InChI is InChI=1S/C17H17ClN4O.ClH/c1-11-5-6-14(10-15(11)18)22-17(23)21-13-4-2-3-12(9-13)16-19-7-8-20-16;/h2-6,9-10H,7-8H2,1H3,(H,19,20)(H2,21,22,23);1H. The Morgan fingerprint density at radius 1 is 1.17 bits per heavy atom. The summed E-state index contributed by atoms with van der Waals surface area (Å²) in [6.07, 6.45) is 0. The molecule has 1 aliphatic heterocycles. The van der Waals surface area contributed by atoms with Gasteiger partial charge in [0.05, 0.1) is 6.54 Å². The molecule has 1 aliphatic rings. The molecule has 3 N–H and O–H groups in total.